The van der Waals surface area contributed by atoms with E-state index in [1.165, 1.54) is 0 Å². The maximum atomic E-state index is 12.3. The second kappa shape index (κ2) is 8.06. The zero-order valence-corrected chi connectivity index (χ0v) is 15.2. The van der Waals surface area contributed by atoms with Gasteiger partial charge in [0.05, 0.1) is 5.56 Å². The van der Waals surface area contributed by atoms with Crippen LogP contribution in [0, 0.1) is 6.92 Å². The second-order valence-corrected chi connectivity index (χ2v) is 6.38. The molecule has 0 bridgehead atoms. The minimum absolute atomic E-state index is 0.210. The SMILES string of the molecule is CCCCN(C)c1ncc(C(=O)Nc2ccc(Br)cc2C)cn1. The maximum absolute atomic E-state index is 12.3. The zero-order chi connectivity index (χ0) is 16.8. The number of nitrogens with one attached hydrogen (secondary N) is 1. The van der Waals surface area contributed by atoms with Gasteiger partial charge in [-0.15, -0.1) is 0 Å². The smallest absolute Gasteiger partial charge is 0.258 e. The summed E-state index contributed by atoms with van der Waals surface area (Å²) in [6.45, 7) is 5.00. The topological polar surface area (TPSA) is 58.1 Å². The van der Waals surface area contributed by atoms with Crippen molar-refractivity contribution in [3.63, 3.8) is 0 Å². The largest absolute Gasteiger partial charge is 0.344 e. The van der Waals surface area contributed by atoms with Gasteiger partial charge in [0.2, 0.25) is 5.95 Å². The van der Waals surface area contributed by atoms with Crippen LogP contribution in [0.5, 0.6) is 0 Å². The van der Waals surface area contributed by atoms with Gasteiger partial charge in [0, 0.05) is 36.1 Å². The Balaban J connectivity index is 2.05. The highest BCUT2D eigenvalue weighted by molar-refractivity contribution is 9.10. The van der Waals surface area contributed by atoms with Crippen LogP contribution in [-0.4, -0.2) is 29.5 Å². The number of unbranched alkanes of at least 4 members (excludes halogenated alkanes) is 1. The summed E-state index contributed by atoms with van der Waals surface area (Å²) < 4.78 is 0.982. The van der Waals surface area contributed by atoms with Crippen molar-refractivity contribution in [2.45, 2.75) is 26.7 Å². The summed E-state index contributed by atoms with van der Waals surface area (Å²) in [7, 11) is 1.95. The van der Waals surface area contributed by atoms with Crippen molar-refractivity contribution in [3.8, 4) is 0 Å². The fourth-order valence-electron chi connectivity index (χ4n) is 2.09. The van der Waals surface area contributed by atoms with Gasteiger partial charge in [-0.3, -0.25) is 4.79 Å². The summed E-state index contributed by atoms with van der Waals surface area (Å²) in [5.74, 6) is 0.424. The molecule has 0 unspecified atom stereocenters. The van der Waals surface area contributed by atoms with Gasteiger partial charge in [-0.05, 0) is 37.1 Å². The first-order valence-electron chi connectivity index (χ1n) is 7.62. The molecule has 6 heteroatoms. The first kappa shape index (κ1) is 17.4. The van der Waals surface area contributed by atoms with E-state index in [-0.39, 0.29) is 5.91 Å². The minimum Gasteiger partial charge on any atom is -0.344 e. The third kappa shape index (κ3) is 4.76. The van der Waals surface area contributed by atoms with Gasteiger partial charge in [0.25, 0.3) is 5.91 Å². The molecule has 0 aliphatic heterocycles. The summed E-state index contributed by atoms with van der Waals surface area (Å²) in [5.41, 5.74) is 2.21. The Morgan fingerprint density at radius 1 is 1.30 bits per heavy atom. The quantitative estimate of drug-likeness (QED) is 0.826. The highest BCUT2D eigenvalue weighted by Crippen LogP contribution is 2.20. The van der Waals surface area contributed by atoms with E-state index in [2.05, 4.69) is 38.1 Å². The summed E-state index contributed by atoms with van der Waals surface area (Å²) in [6.07, 6.45) is 5.34. The molecular formula is C17H21BrN4O. The molecule has 0 aliphatic rings. The molecule has 1 amide bonds. The first-order valence-corrected chi connectivity index (χ1v) is 8.41. The number of nitrogens with zero attached hydrogens (tertiary/aromatic N) is 3. The Labute approximate surface area is 145 Å². The molecule has 0 saturated heterocycles. The van der Waals surface area contributed by atoms with Crippen LogP contribution in [0.4, 0.5) is 11.6 Å². The van der Waals surface area contributed by atoms with Crippen LogP contribution in [-0.2, 0) is 0 Å². The van der Waals surface area contributed by atoms with Crippen molar-refractivity contribution in [2.75, 3.05) is 23.8 Å². The molecule has 0 spiro atoms. The molecule has 122 valence electrons. The highest BCUT2D eigenvalue weighted by atomic mass is 79.9. The molecule has 2 aromatic rings. The molecule has 0 radical (unpaired) electrons. The molecule has 5 nitrogen and oxygen atoms in total. The lowest BCUT2D eigenvalue weighted by molar-refractivity contribution is 0.102. The number of carbonyl (C=O) groups excluding carboxylic acids is 1. The van der Waals surface area contributed by atoms with E-state index in [1.807, 2.05) is 37.1 Å². The molecule has 1 N–H and O–H groups in total. The monoisotopic (exact) mass is 376 g/mol. The number of amides is 1. The predicted molar refractivity (Wildman–Crippen MR) is 97.0 cm³/mol. The normalized spacial score (nSPS) is 10.4. The van der Waals surface area contributed by atoms with Crippen molar-refractivity contribution < 1.29 is 4.79 Å². The number of aromatic nitrogens is 2. The molecular weight excluding hydrogens is 356 g/mol. The standard InChI is InChI=1S/C17H21BrN4O/c1-4-5-8-22(3)17-19-10-13(11-20-17)16(23)21-15-7-6-14(18)9-12(15)2/h6-7,9-11H,4-5,8H2,1-3H3,(H,21,23). The van der Waals surface area contributed by atoms with Gasteiger partial charge in [-0.1, -0.05) is 29.3 Å². The van der Waals surface area contributed by atoms with E-state index in [4.69, 9.17) is 0 Å². The summed E-state index contributed by atoms with van der Waals surface area (Å²) in [6, 6.07) is 5.72. The van der Waals surface area contributed by atoms with Crippen molar-refractivity contribution in [1.82, 2.24) is 9.97 Å². The summed E-state index contributed by atoms with van der Waals surface area (Å²) >= 11 is 3.41. The van der Waals surface area contributed by atoms with Gasteiger partial charge in [-0.25, -0.2) is 9.97 Å². The first-order chi connectivity index (χ1) is 11.0. The Bertz CT molecular complexity index is 673. The minimum atomic E-state index is -0.210. The van der Waals surface area contributed by atoms with Crippen LogP contribution in [0.2, 0.25) is 0 Å². The average molecular weight is 377 g/mol. The molecule has 1 heterocycles. The molecule has 23 heavy (non-hydrogen) atoms. The fourth-order valence-corrected chi connectivity index (χ4v) is 2.57. The number of carbonyl (C=O) groups is 1. The van der Waals surface area contributed by atoms with Crippen LogP contribution >= 0.6 is 15.9 Å². The van der Waals surface area contributed by atoms with Crippen molar-refractivity contribution >= 4 is 33.5 Å². The molecule has 0 aliphatic carbocycles. The van der Waals surface area contributed by atoms with E-state index < -0.39 is 0 Å². The van der Waals surface area contributed by atoms with E-state index in [1.54, 1.807) is 12.4 Å². The Morgan fingerprint density at radius 2 is 2.00 bits per heavy atom. The molecule has 2 rings (SSSR count). The molecule has 1 aromatic heterocycles. The highest BCUT2D eigenvalue weighted by Gasteiger charge is 2.10. The second-order valence-electron chi connectivity index (χ2n) is 5.46. The van der Waals surface area contributed by atoms with Crippen molar-refractivity contribution in [3.05, 3.63) is 46.2 Å². The Morgan fingerprint density at radius 3 is 2.61 bits per heavy atom. The van der Waals surface area contributed by atoms with E-state index in [0.29, 0.717) is 11.5 Å². The predicted octanol–water partition coefficient (Wildman–Crippen LogP) is 4.04. The van der Waals surface area contributed by atoms with E-state index >= 15 is 0 Å². The van der Waals surface area contributed by atoms with Gasteiger partial charge in [0.1, 0.15) is 0 Å². The third-order valence-corrected chi connectivity index (χ3v) is 4.02. The number of anilines is 2. The van der Waals surface area contributed by atoms with Crippen LogP contribution in [0.25, 0.3) is 0 Å². The lowest BCUT2D eigenvalue weighted by atomic mass is 10.2. The Kier molecular flexibility index (Phi) is 6.10. The zero-order valence-electron chi connectivity index (χ0n) is 13.6. The van der Waals surface area contributed by atoms with E-state index in [0.717, 1.165) is 35.1 Å². The number of benzene rings is 1. The average Bonchev–Trinajstić information content (AvgIpc) is 2.55. The molecule has 0 atom stereocenters. The fraction of sp³-hybridized carbons (Fsp3) is 0.353. The van der Waals surface area contributed by atoms with Crippen LogP contribution in [0.1, 0.15) is 35.7 Å². The lowest BCUT2D eigenvalue weighted by Crippen LogP contribution is -2.21. The van der Waals surface area contributed by atoms with E-state index in [9.17, 15) is 4.79 Å². The van der Waals surface area contributed by atoms with Crippen molar-refractivity contribution in [1.29, 1.82) is 0 Å². The lowest BCUT2D eigenvalue weighted by Gasteiger charge is -2.16. The van der Waals surface area contributed by atoms with Crippen LogP contribution in [0.15, 0.2) is 35.1 Å². The third-order valence-electron chi connectivity index (χ3n) is 3.53. The van der Waals surface area contributed by atoms with Gasteiger partial charge >= 0.3 is 0 Å². The summed E-state index contributed by atoms with van der Waals surface area (Å²) in [5, 5.41) is 2.88. The maximum Gasteiger partial charge on any atom is 0.258 e. The number of hydrogen-bond acceptors (Lipinski definition) is 4. The number of aryl methyl sites for hydroxylation is 1. The number of halogens is 1. The Hall–Kier alpha value is -1.95. The summed E-state index contributed by atoms with van der Waals surface area (Å²) in [4.78, 5) is 22.8. The number of rotatable bonds is 6. The van der Waals surface area contributed by atoms with Gasteiger partial charge in [0.15, 0.2) is 0 Å². The molecule has 0 fully saturated rings. The van der Waals surface area contributed by atoms with Gasteiger partial charge < -0.3 is 10.2 Å². The van der Waals surface area contributed by atoms with Crippen molar-refractivity contribution in [2.24, 2.45) is 0 Å². The molecule has 1 aromatic carbocycles. The molecule has 0 saturated carbocycles. The van der Waals surface area contributed by atoms with Gasteiger partial charge in [-0.2, -0.15) is 0 Å². The van der Waals surface area contributed by atoms with Crippen LogP contribution in [0.3, 0.4) is 0 Å². The number of hydrogen-bond donors (Lipinski definition) is 1. The van der Waals surface area contributed by atoms with Crippen LogP contribution < -0.4 is 10.2 Å².